The molecule has 4 rings (SSSR count). The molecule has 2 aromatic carbocycles. The number of aromatic nitrogens is 1. The van der Waals surface area contributed by atoms with Crippen LogP contribution in [0.4, 0.5) is 4.79 Å². The fraction of sp³-hybridized carbons (Fsp3) is 0.370. The number of benzene rings is 2. The molecule has 1 N–H and O–H groups in total. The van der Waals surface area contributed by atoms with Crippen molar-refractivity contribution in [2.24, 2.45) is 0 Å². The van der Waals surface area contributed by atoms with Crippen molar-refractivity contribution < 1.29 is 9.53 Å². The first kappa shape index (κ1) is 22.2. The topological polar surface area (TPSA) is 46.5 Å². The summed E-state index contributed by atoms with van der Waals surface area (Å²) < 4.78 is 7.64. The lowest BCUT2D eigenvalue weighted by Gasteiger charge is -2.31. The minimum absolute atomic E-state index is 0.0520. The second-order valence-electron chi connectivity index (χ2n) is 8.57. The smallest absolute Gasteiger partial charge is 0.318 e. The highest BCUT2D eigenvalue weighted by Crippen LogP contribution is 2.36. The Labute approximate surface area is 191 Å². The average molecular weight is 432 g/mol. The number of carbonyl (C=O) groups is 1. The number of para-hydroxylation sites is 1. The van der Waals surface area contributed by atoms with E-state index < -0.39 is 0 Å². The van der Waals surface area contributed by atoms with Crippen LogP contribution in [0, 0.1) is 0 Å². The molecule has 0 bridgehead atoms. The highest BCUT2D eigenvalue weighted by molar-refractivity contribution is 5.76. The molecule has 5 heteroatoms. The van der Waals surface area contributed by atoms with Gasteiger partial charge in [0, 0.05) is 31.6 Å². The zero-order valence-corrected chi connectivity index (χ0v) is 19.3. The molecule has 0 saturated heterocycles. The Hall–Kier alpha value is -3.05. The molecule has 1 aromatic heterocycles. The zero-order chi connectivity index (χ0) is 22.5. The van der Waals surface area contributed by atoms with Crippen LogP contribution in [-0.4, -0.2) is 35.3 Å². The SMILES string of the molecule is CCOCCCNC(=O)N1Cc2ccccc2-n2cccc2C1c1ccc(C(C)C)cc1. The number of hydrogen-bond acceptors (Lipinski definition) is 2. The molecule has 5 nitrogen and oxygen atoms in total. The van der Waals surface area contributed by atoms with Crippen LogP contribution in [0.3, 0.4) is 0 Å². The van der Waals surface area contributed by atoms with Gasteiger partial charge >= 0.3 is 6.03 Å². The molecule has 0 saturated carbocycles. The summed E-state index contributed by atoms with van der Waals surface area (Å²) in [6, 6.07) is 21.0. The molecule has 1 aliphatic rings. The Kier molecular flexibility index (Phi) is 6.96. The van der Waals surface area contributed by atoms with Gasteiger partial charge in [-0.05, 0) is 54.2 Å². The van der Waals surface area contributed by atoms with Crippen LogP contribution in [0.2, 0.25) is 0 Å². The average Bonchev–Trinajstić information content (AvgIpc) is 3.23. The molecule has 1 atom stereocenters. The molecule has 1 aliphatic heterocycles. The highest BCUT2D eigenvalue weighted by atomic mass is 16.5. The van der Waals surface area contributed by atoms with E-state index in [1.54, 1.807) is 0 Å². The van der Waals surface area contributed by atoms with Gasteiger partial charge in [0.2, 0.25) is 0 Å². The first-order valence-electron chi connectivity index (χ1n) is 11.6. The van der Waals surface area contributed by atoms with E-state index in [2.05, 4.69) is 84.5 Å². The monoisotopic (exact) mass is 431 g/mol. The van der Waals surface area contributed by atoms with Crippen molar-refractivity contribution in [2.75, 3.05) is 19.8 Å². The number of fused-ring (bicyclic) bond motifs is 3. The number of urea groups is 1. The van der Waals surface area contributed by atoms with E-state index in [1.165, 1.54) is 5.56 Å². The molecule has 32 heavy (non-hydrogen) atoms. The van der Waals surface area contributed by atoms with Crippen molar-refractivity contribution in [3.05, 3.63) is 89.2 Å². The summed E-state index contributed by atoms with van der Waals surface area (Å²) in [5.74, 6) is 0.469. The van der Waals surface area contributed by atoms with Crippen molar-refractivity contribution in [1.82, 2.24) is 14.8 Å². The normalized spacial score (nSPS) is 15.2. The maximum atomic E-state index is 13.4. The Balaban J connectivity index is 1.70. The van der Waals surface area contributed by atoms with Gasteiger partial charge in [0.05, 0.1) is 18.3 Å². The van der Waals surface area contributed by atoms with Gasteiger partial charge in [0.25, 0.3) is 0 Å². The number of amides is 2. The first-order valence-corrected chi connectivity index (χ1v) is 11.6. The summed E-state index contributed by atoms with van der Waals surface area (Å²) in [5.41, 5.74) is 5.77. The lowest BCUT2D eigenvalue weighted by Crippen LogP contribution is -2.42. The van der Waals surface area contributed by atoms with Crippen molar-refractivity contribution in [1.29, 1.82) is 0 Å². The molecular weight excluding hydrogens is 398 g/mol. The predicted molar refractivity (Wildman–Crippen MR) is 128 cm³/mol. The van der Waals surface area contributed by atoms with Crippen LogP contribution in [-0.2, 0) is 11.3 Å². The van der Waals surface area contributed by atoms with Gasteiger partial charge in [-0.3, -0.25) is 0 Å². The Morgan fingerprint density at radius 1 is 1.09 bits per heavy atom. The second kappa shape index (κ2) is 10.0. The van der Waals surface area contributed by atoms with Crippen molar-refractivity contribution in [3.63, 3.8) is 0 Å². The van der Waals surface area contributed by atoms with Gasteiger partial charge in [-0.15, -0.1) is 0 Å². The van der Waals surface area contributed by atoms with Crippen LogP contribution in [0.5, 0.6) is 0 Å². The van der Waals surface area contributed by atoms with Crippen LogP contribution < -0.4 is 5.32 Å². The van der Waals surface area contributed by atoms with Crippen molar-refractivity contribution in [3.8, 4) is 5.69 Å². The second-order valence-corrected chi connectivity index (χ2v) is 8.57. The lowest BCUT2D eigenvalue weighted by atomic mass is 9.97. The fourth-order valence-corrected chi connectivity index (χ4v) is 4.37. The number of carbonyl (C=O) groups excluding carboxylic acids is 1. The minimum Gasteiger partial charge on any atom is -0.382 e. The zero-order valence-electron chi connectivity index (χ0n) is 19.3. The summed E-state index contributed by atoms with van der Waals surface area (Å²) >= 11 is 0. The Bertz CT molecular complexity index is 1040. The molecule has 3 aromatic rings. The fourth-order valence-electron chi connectivity index (χ4n) is 4.37. The van der Waals surface area contributed by atoms with Gasteiger partial charge in [-0.25, -0.2) is 4.79 Å². The Morgan fingerprint density at radius 2 is 1.88 bits per heavy atom. The van der Waals surface area contributed by atoms with Crippen LogP contribution in [0.1, 0.15) is 61.5 Å². The third-order valence-electron chi connectivity index (χ3n) is 6.09. The van der Waals surface area contributed by atoms with E-state index in [0.717, 1.165) is 28.9 Å². The third-order valence-corrected chi connectivity index (χ3v) is 6.09. The van der Waals surface area contributed by atoms with E-state index in [1.807, 2.05) is 17.9 Å². The van der Waals surface area contributed by atoms with Gasteiger partial charge in [0.15, 0.2) is 0 Å². The summed E-state index contributed by atoms with van der Waals surface area (Å²) in [6.45, 7) is 8.88. The minimum atomic E-state index is -0.175. The Morgan fingerprint density at radius 3 is 2.62 bits per heavy atom. The maximum absolute atomic E-state index is 13.4. The van der Waals surface area contributed by atoms with E-state index in [4.69, 9.17) is 4.74 Å². The predicted octanol–water partition coefficient (Wildman–Crippen LogP) is 5.64. The standard InChI is InChI=1S/C27H33N3O2/c1-4-32-18-8-16-28-27(31)30-19-23-9-5-6-10-24(23)29-17-7-11-25(29)26(30)22-14-12-21(13-15-22)20(2)3/h5-7,9-15,17,20,26H,4,8,16,18-19H2,1-3H3,(H,28,31). The number of ether oxygens (including phenoxy) is 1. The number of rotatable bonds is 7. The summed E-state index contributed by atoms with van der Waals surface area (Å²) in [4.78, 5) is 15.4. The van der Waals surface area contributed by atoms with Gasteiger partial charge in [-0.2, -0.15) is 0 Å². The molecule has 0 spiro atoms. The summed E-state index contributed by atoms with van der Waals surface area (Å²) in [6.07, 6.45) is 2.89. The molecule has 1 unspecified atom stereocenters. The molecule has 0 radical (unpaired) electrons. The molecular formula is C27H33N3O2. The molecule has 168 valence electrons. The summed E-state index contributed by atoms with van der Waals surface area (Å²) in [5, 5.41) is 3.12. The molecule has 0 aliphatic carbocycles. The van der Waals surface area contributed by atoms with E-state index in [0.29, 0.717) is 32.2 Å². The van der Waals surface area contributed by atoms with Gasteiger partial charge < -0.3 is 19.5 Å². The third kappa shape index (κ3) is 4.58. The molecule has 0 fully saturated rings. The number of nitrogens with one attached hydrogen (secondary N) is 1. The quantitative estimate of drug-likeness (QED) is 0.492. The van der Waals surface area contributed by atoms with E-state index in [-0.39, 0.29) is 12.1 Å². The van der Waals surface area contributed by atoms with Crippen molar-refractivity contribution >= 4 is 6.03 Å². The van der Waals surface area contributed by atoms with Crippen LogP contribution in [0.15, 0.2) is 66.9 Å². The first-order chi connectivity index (χ1) is 15.6. The summed E-state index contributed by atoms with van der Waals surface area (Å²) in [7, 11) is 0. The van der Waals surface area contributed by atoms with E-state index >= 15 is 0 Å². The highest BCUT2D eigenvalue weighted by Gasteiger charge is 2.32. The largest absolute Gasteiger partial charge is 0.382 e. The van der Waals surface area contributed by atoms with Crippen LogP contribution >= 0.6 is 0 Å². The number of nitrogens with zero attached hydrogens (tertiary/aromatic N) is 2. The maximum Gasteiger partial charge on any atom is 0.318 e. The molecule has 2 heterocycles. The van der Waals surface area contributed by atoms with Gasteiger partial charge in [-0.1, -0.05) is 56.3 Å². The van der Waals surface area contributed by atoms with Crippen LogP contribution in [0.25, 0.3) is 5.69 Å². The van der Waals surface area contributed by atoms with E-state index in [9.17, 15) is 4.79 Å². The molecule has 2 amide bonds. The lowest BCUT2D eigenvalue weighted by molar-refractivity contribution is 0.143. The number of hydrogen-bond donors (Lipinski definition) is 1. The van der Waals surface area contributed by atoms with Crippen molar-refractivity contribution in [2.45, 2.75) is 45.7 Å². The van der Waals surface area contributed by atoms with Gasteiger partial charge in [0.1, 0.15) is 0 Å².